The van der Waals surface area contributed by atoms with Crippen molar-refractivity contribution in [3.05, 3.63) is 54.1 Å². The fourth-order valence-corrected chi connectivity index (χ4v) is 5.37. The van der Waals surface area contributed by atoms with Crippen LogP contribution in [0.25, 0.3) is 0 Å². The zero-order chi connectivity index (χ0) is 20.6. The molecule has 6 nitrogen and oxygen atoms in total. The Balaban J connectivity index is 1.42. The molecule has 0 bridgehead atoms. The summed E-state index contributed by atoms with van der Waals surface area (Å²) in [5, 5.41) is 14.4. The van der Waals surface area contributed by atoms with Crippen LogP contribution in [-0.2, 0) is 4.79 Å². The maximum Gasteiger partial charge on any atom is 0.238 e. The van der Waals surface area contributed by atoms with E-state index < -0.39 is 5.60 Å². The molecule has 2 N–H and O–H groups in total. The molecule has 0 spiro atoms. The van der Waals surface area contributed by atoms with Gasteiger partial charge in [-0.2, -0.15) is 0 Å². The molecule has 2 fully saturated rings. The van der Waals surface area contributed by atoms with E-state index in [1.54, 1.807) is 0 Å². The predicted octanol–water partition coefficient (Wildman–Crippen LogP) is 3.72. The third kappa shape index (κ3) is 3.66. The first-order chi connectivity index (χ1) is 14.6. The standard InChI is InChI=1S/C24H28N2O4/c27-22(25-18-6-2-1-3-7-18)15-26-13-12-24(28)11-5-4-8-19(24)23(26)17-9-10-20-21(14-17)30-16-29-20/h1-3,6-7,9-10,14,19,23,28H,4-5,8,11-13,15-16H2,(H,25,27)/t19-,23-,24+/m0/s1. The molecule has 3 atom stereocenters. The number of benzene rings is 2. The van der Waals surface area contributed by atoms with Crippen molar-refractivity contribution in [2.45, 2.75) is 43.7 Å². The van der Waals surface area contributed by atoms with Gasteiger partial charge in [0.2, 0.25) is 12.7 Å². The van der Waals surface area contributed by atoms with Crippen molar-refractivity contribution in [3.8, 4) is 11.5 Å². The van der Waals surface area contributed by atoms with Gasteiger partial charge < -0.3 is 19.9 Å². The second-order valence-corrected chi connectivity index (χ2v) is 8.65. The number of nitrogens with one attached hydrogen (secondary N) is 1. The number of rotatable bonds is 4. The minimum Gasteiger partial charge on any atom is -0.454 e. The van der Waals surface area contributed by atoms with Crippen LogP contribution in [0.4, 0.5) is 5.69 Å². The van der Waals surface area contributed by atoms with Gasteiger partial charge in [0.15, 0.2) is 11.5 Å². The Bertz CT molecular complexity index is 919. The average Bonchev–Trinajstić information content (AvgIpc) is 3.22. The first-order valence-electron chi connectivity index (χ1n) is 10.8. The van der Waals surface area contributed by atoms with E-state index in [2.05, 4.69) is 16.3 Å². The van der Waals surface area contributed by atoms with Crippen LogP contribution >= 0.6 is 0 Å². The van der Waals surface area contributed by atoms with Gasteiger partial charge in [-0.1, -0.05) is 37.1 Å². The molecule has 158 valence electrons. The lowest BCUT2D eigenvalue weighted by molar-refractivity contribution is -0.135. The number of nitrogens with zero attached hydrogens (tertiary/aromatic N) is 1. The monoisotopic (exact) mass is 408 g/mol. The van der Waals surface area contributed by atoms with E-state index in [0.717, 1.165) is 48.4 Å². The summed E-state index contributed by atoms with van der Waals surface area (Å²) in [6.45, 7) is 1.22. The Labute approximate surface area is 176 Å². The fraction of sp³-hybridized carbons (Fsp3) is 0.458. The molecule has 0 radical (unpaired) electrons. The summed E-state index contributed by atoms with van der Waals surface area (Å²) in [5.41, 5.74) is 1.22. The van der Waals surface area contributed by atoms with E-state index in [-0.39, 0.29) is 24.7 Å². The van der Waals surface area contributed by atoms with Crippen molar-refractivity contribution in [3.63, 3.8) is 0 Å². The Morgan fingerprint density at radius 3 is 2.80 bits per heavy atom. The predicted molar refractivity (Wildman–Crippen MR) is 113 cm³/mol. The number of likely N-dealkylation sites (tertiary alicyclic amines) is 1. The highest BCUT2D eigenvalue weighted by molar-refractivity contribution is 5.92. The van der Waals surface area contributed by atoms with Gasteiger partial charge in [-0.3, -0.25) is 9.69 Å². The molecule has 1 aliphatic carbocycles. The van der Waals surface area contributed by atoms with E-state index in [4.69, 9.17) is 9.47 Å². The molecule has 6 heteroatoms. The van der Waals surface area contributed by atoms with E-state index in [0.29, 0.717) is 19.5 Å². The smallest absolute Gasteiger partial charge is 0.238 e. The van der Waals surface area contributed by atoms with Crippen LogP contribution in [0.1, 0.15) is 43.7 Å². The lowest BCUT2D eigenvalue weighted by Crippen LogP contribution is -2.56. The third-order valence-corrected chi connectivity index (χ3v) is 6.81. The number of fused-ring (bicyclic) bond motifs is 2. The topological polar surface area (TPSA) is 71.0 Å². The summed E-state index contributed by atoms with van der Waals surface area (Å²) in [6.07, 6.45) is 4.68. The van der Waals surface area contributed by atoms with Crippen LogP contribution in [0, 0.1) is 5.92 Å². The lowest BCUT2D eigenvalue weighted by atomic mass is 9.66. The molecule has 1 amide bonds. The zero-order valence-electron chi connectivity index (χ0n) is 17.0. The minimum atomic E-state index is -0.661. The van der Waals surface area contributed by atoms with Gasteiger partial charge in [-0.15, -0.1) is 0 Å². The first kappa shape index (κ1) is 19.4. The molecule has 2 aromatic carbocycles. The van der Waals surface area contributed by atoms with E-state index in [1.165, 1.54) is 0 Å². The molecular formula is C24H28N2O4. The van der Waals surface area contributed by atoms with E-state index >= 15 is 0 Å². The molecule has 2 aliphatic heterocycles. The van der Waals surface area contributed by atoms with Crippen LogP contribution < -0.4 is 14.8 Å². The number of aliphatic hydroxyl groups is 1. The number of hydrogen-bond acceptors (Lipinski definition) is 5. The zero-order valence-corrected chi connectivity index (χ0v) is 17.0. The number of anilines is 1. The first-order valence-corrected chi connectivity index (χ1v) is 10.8. The molecule has 30 heavy (non-hydrogen) atoms. The molecule has 0 aromatic heterocycles. The molecule has 3 aliphatic rings. The number of para-hydroxylation sites is 1. The Morgan fingerprint density at radius 2 is 1.93 bits per heavy atom. The number of ether oxygens (including phenoxy) is 2. The van der Waals surface area contributed by atoms with Crippen LogP contribution in [0.15, 0.2) is 48.5 Å². The van der Waals surface area contributed by atoms with E-state index in [1.807, 2.05) is 42.5 Å². The van der Waals surface area contributed by atoms with Gasteiger partial charge in [0.25, 0.3) is 0 Å². The number of hydrogen-bond donors (Lipinski definition) is 2. The molecule has 0 unspecified atom stereocenters. The summed E-state index contributed by atoms with van der Waals surface area (Å²) in [4.78, 5) is 15.0. The SMILES string of the molecule is O=C(CN1CC[C@]2(O)CCCC[C@H]2[C@@H]1c1ccc2c(c1)OCO2)Nc1ccccc1. The number of piperidine rings is 1. The molecular weight excluding hydrogens is 380 g/mol. The molecule has 1 saturated heterocycles. The highest BCUT2D eigenvalue weighted by Crippen LogP contribution is 2.50. The van der Waals surface area contributed by atoms with Crippen LogP contribution in [-0.4, -0.2) is 41.4 Å². The maximum atomic E-state index is 12.8. The molecule has 2 heterocycles. The number of amides is 1. The number of carbonyl (C=O) groups excluding carboxylic acids is 1. The fourth-order valence-electron chi connectivity index (χ4n) is 5.37. The van der Waals surface area contributed by atoms with Crippen molar-refractivity contribution in [2.75, 3.05) is 25.2 Å². The summed E-state index contributed by atoms with van der Waals surface area (Å²) in [5.74, 6) is 1.56. The summed E-state index contributed by atoms with van der Waals surface area (Å²) in [7, 11) is 0. The molecule has 2 aromatic rings. The average molecular weight is 408 g/mol. The van der Waals surface area contributed by atoms with Crippen LogP contribution in [0.3, 0.4) is 0 Å². The van der Waals surface area contributed by atoms with Crippen LogP contribution in [0.5, 0.6) is 11.5 Å². The van der Waals surface area contributed by atoms with Gasteiger partial charge in [0.05, 0.1) is 12.1 Å². The van der Waals surface area contributed by atoms with Gasteiger partial charge in [-0.25, -0.2) is 0 Å². The molecule has 1 saturated carbocycles. The normalized spacial score (nSPS) is 28.0. The van der Waals surface area contributed by atoms with Crippen molar-refractivity contribution >= 4 is 11.6 Å². The Hall–Kier alpha value is -2.57. The quantitative estimate of drug-likeness (QED) is 0.807. The molecule has 5 rings (SSSR count). The highest BCUT2D eigenvalue weighted by atomic mass is 16.7. The second-order valence-electron chi connectivity index (χ2n) is 8.65. The largest absolute Gasteiger partial charge is 0.454 e. The van der Waals surface area contributed by atoms with Crippen LogP contribution in [0.2, 0.25) is 0 Å². The maximum absolute atomic E-state index is 12.8. The second kappa shape index (κ2) is 7.93. The summed E-state index contributed by atoms with van der Waals surface area (Å²) in [6, 6.07) is 15.5. The minimum absolute atomic E-state index is 0.0277. The van der Waals surface area contributed by atoms with E-state index in [9.17, 15) is 9.90 Å². The van der Waals surface area contributed by atoms with Crippen molar-refractivity contribution in [2.24, 2.45) is 5.92 Å². The summed E-state index contributed by atoms with van der Waals surface area (Å²) < 4.78 is 11.1. The van der Waals surface area contributed by atoms with Crippen molar-refractivity contribution < 1.29 is 19.4 Å². The summed E-state index contributed by atoms with van der Waals surface area (Å²) >= 11 is 0. The lowest BCUT2D eigenvalue weighted by Gasteiger charge is -2.52. The third-order valence-electron chi connectivity index (χ3n) is 6.81. The van der Waals surface area contributed by atoms with Gasteiger partial charge >= 0.3 is 0 Å². The highest BCUT2D eigenvalue weighted by Gasteiger charge is 2.49. The van der Waals surface area contributed by atoms with Crippen molar-refractivity contribution in [1.82, 2.24) is 4.90 Å². The Kier molecular flexibility index (Phi) is 5.13. The number of carbonyl (C=O) groups is 1. The Morgan fingerprint density at radius 1 is 1.10 bits per heavy atom. The van der Waals surface area contributed by atoms with Crippen molar-refractivity contribution in [1.29, 1.82) is 0 Å². The van der Waals surface area contributed by atoms with Gasteiger partial charge in [0, 0.05) is 24.2 Å². The van der Waals surface area contributed by atoms with Gasteiger partial charge in [0.1, 0.15) is 0 Å². The van der Waals surface area contributed by atoms with Gasteiger partial charge in [-0.05, 0) is 49.1 Å².